The molecule has 0 saturated heterocycles. The summed E-state index contributed by atoms with van der Waals surface area (Å²) in [6.07, 6.45) is -0.0274. The van der Waals surface area contributed by atoms with Gasteiger partial charge in [-0.2, -0.15) is 0 Å². The number of alkyl halides is 2. The van der Waals surface area contributed by atoms with Gasteiger partial charge in [0.1, 0.15) is 4.33 Å². The Balaban J connectivity index is 1.52. The molecular weight excluding hydrogens is 618 g/mol. The molecule has 3 nitrogen and oxygen atoms in total. The zero-order valence-electron chi connectivity index (χ0n) is 17.3. The molecule has 0 bridgehead atoms. The predicted octanol–water partition coefficient (Wildman–Crippen LogP) is 9.56. The molecule has 1 N–H and O–H groups in total. The second-order valence-corrected chi connectivity index (χ2v) is 11.9. The average Bonchev–Trinajstić information content (AvgIpc) is 3.34. The number of halogens is 8. The van der Waals surface area contributed by atoms with E-state index in [1.54, 1.807) is 36.4 Å². The standard InChI is InChI=1S/C24H13Cl8NO2/c25-12-6-11(7-13(26)8-12)20-21(24(20,31)32)23(35)33-14-1-2-16(27)15(9-14)19(34)5-10-3-17(28)22(30)18(29)4-10/h1-4,6-9,20-21H,5H2,(H,33,35). The highest BCUT2D eigenvalue weighted by atomic mass is 35.5. The second-order valence-electron chi connectivity index (χ2n) is 7.99. The molecular formula is C24H13Cl8NO2. The normalized spacial score (nSPS) is 18.3. The van der Waals surface area contributed by atoms with E-state index in [1.165, 1.54) is 12.1 Å². The Hall–Kier alpha value is -0.880. The van der Waals surface area contributed by atoms with Crippen LogP contribution in [0.4, 0.5) is 5.69 Å². The van der Waals surface area contributed by atoms with Crippen molar-refractivity contribution >= 4 is 110 Å². The van der Waals surface area contributed by atoms with E-state index in [9.17, 15) is 9.59 Å². The molecule has 1 aliphatic rings. The van der Waals surface area contributed by atoms with Crippen molar-refractivity contribution in [3.63, 3.8) is 0 Å². The summed E-state index contributed by atoms with van der Waals surface area (Å²) in [6, 6.07) is 12.6. The predicted molar refractivity (Wildman–Crippen MR) is 147 cm³/mol. The molecule has 2 unspecified atom stereocenters. The van der Waals surface area contributed by atoms with Crippen LogP contribution in [0.2, 0.25) is 30.1 Å². The minimum Gasteiger partial charge on any atom is -0.326 e. The van der Waals surface area contributed by atoms with Crippen LogP contribution in [-0.4, -0.2) is 16.0 Å². The van der Waals surface area contributed by atoms with Gasteiger partial charge in [-0.15, -0.1) is 23.2 Å². The molecule has 1 saturated carbocycles. The molecule has 182 valence electrons. The van der Waals surface area contributed by atoms with Gasteiger partial charge < -0.3 is 5.32 Å². The quantitative estimate of drug-likeness (QED) is 0.167. The summed E-state index contributed by atoms with van der Waals surface area (Å²) >= 11 is 49.3. The molecule has 1 aliphatic carbocycles. The SMILES string of the molecule is O=C(Cc1cc(Cl)c(Cl)c(Cl)c1)c1cc(NC(=O)C2C(c3cc(Cl)cc(Cl)c3)C2(Cl)Cl)ccc1Cl. The zero-order valence-corrected chi connectivity index (χ0v) is 23.4. The fourth-order valence-electron chi connectivity index (χ4n) is 3.85. The Morgan fingerprint density at radius 2 is 1.40 bits per heavy atom. The molecule has 3 aromatic carbocycles. The minimum absolute atomic E-state index is 0.0274. The number of hydrogen-bond acceptors (Lipinski definition) is 2. The van der Waals surface area contributed by atoms with Crippen molar-refractivity contribution in [3.8, 4) is 0 Å². The fourth-order valence-corrected chi connectivity index (χ4v) is 6.09. The smallest absolute Gasteiger partial charge is 0.231 e. The molecule has 1 amide bonds. The maximum Gasteiger partial charge on any atom is 0.231 e. The lowest BCUT2D eigenvalue weighted by Crippen LogP contribution is -2.17. The van der Waals surface area contributed by atoms with Crippen LogP contribution in [0.25, 0.3) is 0 Å². The highest BCUT2D eigenvalue weighted by molar-refractivity contribution is 6.53. The van der Waals surface area contributed by atoms with Crippen LogP contribution in [0.1, 0.15) is 27.4 Å². The molecule has 3 aromatic rings. The van der Waals surface area contributed by atoms with E-state index < -0.39 is 22.1 Å². The fraction of sp³-hybridized carbons (Fsp3) is 0.167. The molecule has 0 heterocycles. The number of Topliss-reactive ketones (excluding diaryl/α,β-unsaturated/α-hetero) is 1. The summed E-state index contributed by atoms with van der Waals surface area (Å²) in [5, 5.41) is 4.48. The molecule has 4 rings (SSSR count). The number of benzene rings is 3. The van der Waals surface area contributed by atoms with Gasteiger partial charge in [0.2, 0.25) is 5.91 Å². The number of ketones is 1. The molecule has 1 fully saturated rings. The monoisotopic (exact) mass is 627 g/mol. The first-order valence-electron chi connectivity index (χ1n) is 9.99. The van der Waals surface area contributed by atoms with Crippen molar-refractivity contribution < 1.29 is 9.59 Å². The highest BCUT2D eigenvalue weighted by Gasteiger charge is 2.67. The van der Waals surface area contributed by atoms with E-state index in [0.29, 0.717) is 26.9 Å². The molecule has 35 heavy (non-hydrogen) atoms. The average molecular weight is 631 g/mol. The summed E-state index contributed by atoms with van der Waals surface area (Å²) in [5.74, 6) is -1.99. The Labute approximate surface area is 241 Å². The van der Waals surface area contributed by atoms with E-state index >= 15 is 0 Å². The third kappa shape index (κ3) is 5.84. The van der Waals surface area contributed by atoms with Gasteiger partial charge >= 0.3 is 0 Å². The molecule has 0 radical (unpaired) electrons. The van der Waals surface area contributed by atoms with E-state index in [0.717, 1.165) is 0 Å². The Kier molecular flexibility index (Phi) is 8.13. The van der Waals surface area contributed by atoms with E-state index in [2.05, 4.69) is 5.32 Å². The highest BCUT2D eigenvalue weighted by Crippen LogP contribution is 2.65. The number of anilines is 1. The van der Waals surface area contributed by atoms with Crippen molar-refractivity contribution in [2.45, 2.75) is 16.7 Å². The summed E-state index contributed by atoms with van der Waals surface area (Å²) in [7, 11) is 0. The summed E-state index contributed by atoms with van der Waals surface area (Å²) in [5.41, 5.74) is 1.78. The van der Waals surface area contributed by atoms with Gasteiger partial charge in [0, 0.05) is 33.6 Å². The van der Waals surface area contributed by atoms with Crippen LogP contribution in [0.5, 0.6) is 0 Å². The second kappa shape index (κ2) is 10.5. The van der Waals surface area contributed by atoms with Crippen molar-refractivity contribution in [1.29, 1.82) is 0 Å². The van der Waals surface area contributed by atoms with Gasteiger partial charge in [-0.3, -0.25) is 9.59 Å². The maximum absolute atomic E-state index is 13.0. The van der Waals surface area contributed by atoms with Crippen molar-refractivity contribution in [3.05, 3.63) is 95.4 Å². The molecule has 2 atom stereocenters. The lowest BCUT2D eigenvalue weighted by Gasteiger charge is -2.10. The van der Waals surface area contributed by atoms with Crippen LogP contribution in [0.3, 0.4) is 0 Å². The number of rotatable bonds is 6. The van der Waals surface area contributed by atoms with Gasteiger partial charge in [0.05, 0.1) is 26.0 Å². The first-order chi connectivity index (χ1) is 16.4. The lowest BCUT2D eigenvalue weighted by molar-refractivity contribution is -0.117. The Morgan fingerprint density at radius 1 is 0.800 bits per heavy atom. The van der Waals surface area contributed by atoms with E-state index in [1.807, 2.05) is 0 Å². The lowest BCUT2D eigenvalue weighted by atomic mass is 10.0. The minimum atomic E-state index is -1.34. The Bertz CT molecular complexity index is 1310. The number of carbonyl (C=O) groups is 2. The van der Waals surface area contributed by atoms with E-state index in [4.69, 9.17) is 92.8 Å². The molecule has 11 heteroatoms. The van der Waals surface area contributed by atoms with Gasteiger partial charge in [-0.25, -0.2) is 0 Å². The maximum atomic E-state index is 13.0. The number of amides is 1. The third-order valence-corrected chi connectivity index (χ3v) is 8.43. The first kappa shape index (κ1) is 27.2. The van der Waals surface area contributed by atoms with Crippen LogP contribution >= 0.6 is 92.8 Å². The van der Waals surface area contributed by atoms with Crippen LogP contribution < -0.4 is 5.32 Å². The summed E-state index contributed by atoms with van der Waals surface area (Å²) in [6.45, 7) is 0. The van der Waals surface area contributed by atoms with Gasteiger partial charge in [0.15, 0.2) is 5.78 Å². The first-order valence-corrected chi connectivity index (χ1v) is 13.0. The van der Waals surface area contributed by atoms with Crippen LogP contribution in [-0.2, 0) is 11.2 Å². The van der Waals surface area contributed by atoms with Gasteiger partial charge in [-0.1, -0.05) is 69.6 Å². The van der Waals surface area contributed by atoms with Crippen LogP contribution in [0, 0.1) is 5.92 Å². The van der Waals surface area contributed by atoms with Crippen molar-refractivity contribution in [2.75, 3.05) is 5.32 Å². The number of nitrogens with one attached hydrogen (secondary N) is 1. The molecule has 0 spiro atoms. The summed E-state index contributed by atoms with van der Waals surface area (Å²) in [4.78, 5) is 25.9. The largest absolute Gasteiger partial charge is 0.326 e. The van der Waals surface area contributed by atoms with E-state index in [-0.39, 0.29) is 37.9 Å². The topological polar surface area (TPSA) is 46.2 Å². The third-order valence-electron chi connectivity index (χ3n) is 5.52. The molecule has 0 aromatic heterocycles. The summed E-state index contributed by atoms with van der Waals surface area (Å²) < 4.78 is -1.34. The Morgan fingerprint density at radius 3 is 2.00 bits per heavy atom. The number of carbonyl (C=O) groups excluding carboxylic acids is 2. The van der Waals surface area contributed by atoms with Crippen LogP contribution in [0.15, 0.2) is 48.5 Å². The van der Waals surface area contributed by atoms with Gasteiger partial charge in [0.25, 0.3) is 0 Å². The van der Waals surface area contributed by atoms with Gasteiger partial charge in [-0.05, 0) is 59.7 Å². The zero-order chi connectivity index (χ0) is 25.7. The van der Waals surface area contributed by atoms with Crippen molar-refractivity contribution in [2.24, 2.45) is 5.92 Å². The number of hydrogen-bond donors (Lipinski definition) is 1. The molecule has 0 aliphatic heterocycles. The van der Waals surface area contributed by atoms with Crippen molar-refractivity contribution in [1.82, 2.24) is 0 Å².